The van der Waals surface area contributed by atoms with E-state index in [0.717, 1.165) is 21.6 Å². The van der Waals surface area contributed by atoms with Crippen LogP contribution < -0.4 is 4.80 Å². The summed E-state index contributed by atoms with van der Waals surface area (Å²) < 4.78 is 15.0. The molecule has 0 radical (unpaired) electrons. The lowest BCUT2D eigenvalue weighted by molar-refractivity contribution is 0.628. The Balaban J connectivity index is 2.00. The molecule has 6 heteroatoms. The average molecular weight is 372 g/mol. The molecule has 1 heterocycles. The summed E-state index contributed by atoms with van der Waals surface area (Å²) in [6, 6.07) is 14.6. The summed E-state index contributed by atoms with van der Waals surface area (Å²) in [5.41, 5.74) is 2.82. The number of halogens is 1. The smallest absolute Gasteiger partial charge is 0.206 e. The van der Waals surface area contributed by atoms with Gasteiger partial charge in [0, 0.05) is 22.4 Å². The lowest BCUT2D eigenvalue weighted by Crippen LogP contribution is -2.12. The quantitative estimate of drug-likeness (QED) is 0.464. The summed E-state index contributed by atoms with van der Waals surface area (Å²) in [4.78, 5) is 6.54. The van der Waals surface area contributed by atoms with E-state index >= 15 is 0 Å². The minimum absolute atomic E-state index is 0.249. The molecule has 0 atom stereocenters. The molecule has 0 saturated heterocycles. The number of aromatic nitrogens is 1. The van der Waals surface area contributed by atoms with Crippen molar-refractivity contribution in [1.29, 1.82) is 0 Å². The number of hydrogen-bond donors (Lipinski definition) is 0. The molecule has 0 bridgehead atoms. The number of hydrogen-bond acceptors (Lipinski definition) is 4. The maximum Gasteiger partial charge on any atom is 0.206 e. The second-order valence-corrected chi connectivity index (χ2v) is 6.93. The maximum atomic E-state index is 13.2. The molecule has 0 saturated carbocycles. The zero-order chi connectivity index (χ0) is 17.6. The van der Waals surface area contributed by atoms with E-state index in [1.807, 2.05) is 35.3 Å². The largest absolute Gasteiger partial charge is 0.258 e. The Morgan fingerprint density at radius 3 is 2.48 bits per heavy atom. The number of nitrogens with zero attached hydrogens (tertiary/aromatic N) is 3. The van der Waals surface area contributed by atoms with Crippen molar-refractivity contribution in [3.8, 4) is 11.3 Å². The van der Waals surface area contributed by atoms with Crippen LogP contribution in [0.5, 0.6) is 0 Å². The molecule has 0 spiro atoms. The van der Waals surface area contributed by atoms with Gasteiger partial charge < -0.3 is 0 Å². The monoisotopic (exact) mass is 371 g/mol. The highest BCUT2D eigenvalue weighted by atomic mass is 32.2. The zero-order valence-electron chi connectivity index (χ0n) is 14.0. The first kappa shape index (κ1) is 17.6. The van der Waals surface area contributed by atoms with E-state index in [1.54, 1.807) is 23.9 Å². The minimum Gasteiger partial charge on any atom is -0.258 e. The normalized spacial score (nSPS) is 12.2. The fourth-order valence-electron chi connectivity index (χ4n) is 2.29. The summed E-state index contributed by atoms with van der Waals surface area (Å²) in [5.74, 6) is -0.249. The van der Waals surface area contributed by atoms with Crippen LogP contribution >= 0.6 is 23.1 Å². The van der Waals surface area contributed by atoms with Crippen LogP contribution in [0.3, 0.4) is 0 Å². The molecular formula is C19H18FN3S2. The number of thioether (sulfide) groups is 1. The summed E-state index contributed by atoms with van der Waals surface area (Å²) in [6.45, 7) is 2.67. The van der Waals surface area contributed by atoms with E-state index in [2.05, 4.69) is 28.5 Å². The van der Waals surface area contributed by atoms with Crippen molar-refractivity contribution in [1.82, 2.24) is 4.68 Å². The molecule has 0 amide bonds. The van der Waals surface area contributed by atoms with E-state index in [9.17, 15) is 4.39 Å². The second kappa shape index (κ2) is 8.27. The second-order valence-electron chi connectivity index (χ2n) is 5.21. The van der Waals surface area contributed by atoms with Gasteiger partial charge in [0.2, 0.25) is 4.80 Å². The van der Waals surface area contributed by atoms with Crippen molar-refractivity contribution in [2.45, 2.75) is 11.8 Å². The van der Waals surface area contributed by atoms with Crippen molar-refractivity contribution in [3.63, 3.8) is 0 Å². The topological polar surface area (TPSA) is 29.6 Å². The molecule has 1 aromatic heterocycles. The fraction of sp³-hybridized carbons (Fsp3) is 0.158. The van der Waals surface area contributed by atoms with Gasteiger partial charge in [0.15, 0.2) is 0 Å². The Labute approximate surface area is 154 Å². The van der Waals surface area contributed by atoms with Crippen LogP contribution in [0.1, 0.15) is 12.5 Å². The van der Waals surface area contributed by atoms with Gasteiger partial charge in [-0.05, 0) is 55.1 Å². The van der Waals surface area contributed by atoms with Crippen molar-refractivity contribution in [3.05, 3.63) is 70.1 Å². The van der Waals surface area contributed by atoms with Crippen LogP contribution in [-0.2, 0) is 0 Å². The lowest BCUT2D eigenvalue weighted by atomic mass is 10.2. The third-order valence-corrected chi connectivity index (χ3v) is 5.15. The Bertz CT molecular complexity index is 923. The molecule has 0 aliphatic carbocycles. The Morgan fingerprint density at radius 1 is 1.12 bits per heavy atom. The standard InChI is InChI=1S/C19H18FN3S2/c1-3-21-19-23(22-12-14-4-10-17(24-2)11-5-14)18(13-25-19)15-6-8-16(20)9-7-15/h4-13H,3H2,1-2H3. The third-order valence-electron chi connectivity index (χ3n) is 3.56. The van der Waals surface area contributed by atoms with Gasteiger partial charge in [-0.25, -0.2) is 9.07 Å². The van der Waals surface area contributed by atoms with Gasteiger partial charge in [-0.2, -0.15) is 5.10 Å². The first-order valence-electron chi connectivity index (χ1n) is 7.86. The molecule has 3 aromatic rings. The molecule has 0 fully saturated rings. The summed E-state index contributed by atoms with van der Waals surface area (Å²) >= 11 is 3.24. The van der Waals surface area contributed by atoms with Crippen LogP contribution in [-0.4, -0.2) is 23.7 Å². The molecule has 128 valence electrons. The molecule has 2 aromatic carbocycles. The van der Waals surface area contributed by atoms with Gasteiger partial charge in [-0.1, -0.05) is 12.1 Å². The highest BCUT2D eigenvalue weighted by Crippen LogP contribution is 2.20. The van der Waals surface area contributed by atoms with Crippen LogP contribution in [0.2, 0.25) is 0 Å². The van der Waals surface area contributed by atoms with Gasteiger partial charge >= 0.3 is 0 Å². The predicted molar refractivity (Wildman–Crippen MR) is 105 cm³/mol. The van der Waals surface area contributed by atoms with Crippen LogP contribution in [0.15, 0.2) is 68.9 Å². The van der Waals surface area contributed by atoms with E-state index in [1.165, 1.54) is 28.4 Å². The molecular weight excluding hydrogens is 353 g/mol. The van der Waals surface area contributed by atoms with E-state index in [-0.39, 0.29) is 5.82 Å². The molecule has 0 unspecified atom stereocenters. The minimum atomic E-state index is -0.249. The van der Waals surface area contributed by atoms with Crippen LogP contribution in [0.25, 0.3) is 11.3 Å². The Kier molecular flexibility index (Phi) is 5.83. The zero-order valence-corrected chi connectivity index (χ0v) is 15.6. The van der Waals surface area contributed by atoms with Gasteiger partial charge in [0.25, 0.3) is 0 Å². The van der Waals surface area contributed by atoms with Gasteiger partial charge in [0.05, 0.1) is 11.9 Å². The van der Waals surface area contributed by atoms with Crippen molar-refractivity contribution in [2.24, 2.45) is 10.1 Å². The molecule has 0 aliphatic rings. The lowest BCUT2D eigenvalue weighted by Gasteiger charge is -2.04. The molecule has 3 rings (SSSR count). The van der Waals surface area contributed by atoms with E-state index in [4.69, 9.17) is 0 Å². The SMILES string of the molecule is CCN=c1scc(-c2ccc(F)cc2)n1N=Cc1ccc(SC)cc1. The predicted octanol–water partition coefficient (Wildman–Crippen LogP) is 4.88. The fourth-order valence-corrected chi connectivity index (χ4v) is 3.60. The maximum absolute atomic E-state index is 13.2. The highest BCUT2D eigenvalue weighted by molar-refractivity contribution is 7.98. The summed E-state index contributed by atoms with van der Waals surface area (Å²) in [6.07, 6.45) is 3.87. The highest BCUT2D eigenvalue weighted by Gasteiger charge is 2.07. The molecule has 25 heavy (non-hydrogen) atoms. The summed E-state index contributed by atoms with van der Waals surface area (Å²) in [7, 11) is 0. The number of benzene rings is 2. The molecule has 3 nitrogen and oxygen atoms in total. The molecule has 0 aliphatic heterocycles. The van der Waals surface area contributed by atoms with Crippen LogP contribution in [0, 0.1) is 5.82 Å². The van der Waals surface area contributed by atoms with Crippen LogP contribution in [0.4, 0.5) is 4.39 Å². The van der Waals surface area contributed by atoms with Crippen molar-refractivity contribution >= 4 is 29.3 Å². The first-order chi connectivity index (χ1) is 12.2. The number of rotatable bonds is 5. The molecule has 0 N–H and O–H groups in total. The van der Waals surface area contributed by atoms with E-state index in [0.29, 0.717) is 6.54 Å². The van der Waals surface area contributed by atoms with E-state index < -0.39 is 0 Å². The third kappa shape index (κ3) is 4.27. The van der Waals surface area contributed by atoms with Gasteiger partial charge in [-0.15, -0.1) is 23.1 Å². The first-order valence-corrected chi connectivity index (χ1v) is 9.97. The Hall–Kier alpha value is -2.18. The average Bonchev–Trinajstić information content (AvgIpc) is 3.04. The summed E-state index contributed by atoms with van der Waals surface area (Å²) in [5, 5.41) is 6.61. The van der Waals surface area contributed by atoms with Crippen molar-refractivity contribution in [2.75, 3.05) is 12.8 Å². The van der Waals surface area contributed by atoms with Gasteiger partial charge in [0.1, 0.15) is 5.82 Å². The Morgan fingerprint density at radius 2 is 1.84 bits per heavy atom. The van der Waals surface area contributed by atoms with Crippen molar-refractivity contribution < 1.29 is 4.39 Å². The number of thiazole rings is 1. The van der Waals surface area contributed by atoms with Gasteiger partial charge in [-0.3, -0.25) is 4.99 Å².